The Labute approximate surface area is 130 Å². The average Bonchev–Trinajstić information content (AvgIpc) is 2.87. The van der Waals surface area contributed by atoms with Crippen LogP contribution in [-0.2, 0) is 11.2 Å². The number of methoxy groups -OCH3 is 1. The Bertz CT molecular complexity index is 649. The van der Waals surface area contributed by atoms with Gasteiger partial charge in [0.05, 0.1) is 19.3 Å². The molecule has 0 saturated heterocycles. The minimum absolute atomic E-state index is 0.369. The molecule has 0 atom stereocenters. The largest absolute Gasteiger partial charge is 0.493 e. The highest BCUT2D eigenvalue weighted by Crippen LogP contribution is 2.19. The van der Waals surface area contributed by atoms with Crippen LogP contribution in [0.2, 0.25) is 0 Å². The maximum Gasteiger partial charge on any atom is 0.337 e. The molecule has 0 spiro atoms. The molecule has 1 heterocycles. The summed E-state index contributed by atoms with van der Waals surface area (Å²) in [5.41, 5.74) is 2.88. The maximum absolute atomic E-state index is 11.6. The van der Waals surface area contributed by atoms with Crippen molar-refractivity contribution in [2.24, 2.45) is 0 Å². The standard InChI is InChI=1S/C16H17BO3S/c1-10-6-13(16(18)19-3)14(17)8-15(10)20-5-4-12-7-11(2)21-9-12/h6-9H,4-5H2,1-3H3. The van der Waals surface area contributed by atoms with Crippen molar-refractivity contribution in [3.8, 4) is 5.75 Å². The fraction of sp³-hybridized carbons (Fsp3) is 0.312. The molecule has 0 amide bonds. The lowest BCUT2D eigenvalue weighted by molar-refractivity contribution is 0.0602. The van der Waals surface area contributed by atoms with Crippen molar-refractivity contribution >= 4 is 30.6 Å². The number of aryl methyl sites for hydroxylation is 2. The second-order valence-electron chi connectivity index (χ2n) is 4.86. The summed E-state index contributed by atoms with van der Waals surface area (Å²) in [6, 6.07) is 5.54. The smallest absolute Gasteiger partial charge is 0.337 e. The van der Waals surface area contributed by atoms with Gasteiger partial charge < -0.3 is 9.47 Å². The molecule has 0 bridgehead atoms. The molecule has 108 valence electrons. The minimum atomic E-state index is -0.434. The van der Waals surface area contributed by atoms with Crippen LogP contribution in [-0.4, -0.2) is 27.5 Å². The number of carbonyl (C=O) groups is 1. The SMILES string of the molecule is [B]c1cc(OCCc2csc(C)c2)c(C)cc1C(=O)OC. The van der Waals surface area contributed by atoms with Gasteiger partial charge in [0.1, 0.15) is 13.6 Å². The lowest BCUT2D eigenvalue weighted by Crippen LogP contribution is -2.18. The van der Waals surface area contributed by atoms with Gasteiger partial charge in [0.25, 0.3) is 0 Å². The molecule has 0 saturated carbocycles. The number of rotatable bonds is 5. The molecule has 3 nitrogen and oxygen atoms in total. The summed E-state index contributed by atoms with van der Waals surface area (Å²) in [6.07, 6.45) is 0.850. The Balaban J connectivity index is 2.03. The molecule has 0 aliphatic carbocycles. The number of thiophene rings is 1. The summed E-state index contributed by atoms with van der Waals surface area (Å²) in [7, 11) is 7.21. The molecule has 21 heavy (non-hydrogen) atoms. The molecule has 0 N–H and O–H groups in total. The van der Waals surface area contributed by atoms with Crippen LogP contribution in [0.1, 0.15) is 26.4 Å². The topological polar surface area (TPSA) is 35.5 Å². The zero-order valence-corrected chi connectivity index (χ0v) is 13.3. The highest BCUT2D eigenvalue weighted by molar-refractivity contribution is 7.10. The normalized spacial score (nSPS) is 10.4. The van der Waals surface area contributed by atoms with E-state index in [0.29, 0.717) is 23.4 Å². The molecule has 2 radical (unpaired) electrons. The molecule has 1 aromatic heterocycles. The second kappa shape index (κ2) is 6.81. The van der Waals surface area contributed by atoms with E-state index in [2.05, 4.69) is 18.4 Å². The number of ether oxygens (including phenoxy) is 2. The molecule has 2 rings (SSSR count). The van der Waals surface area contributed by atoms with Gasteiger partial charge >= 0.3 is 5.97 Å². The van der Waals surface area contributed by atoms with Gasteiger partial charge in [-0.2, -0.15) is 0 Å². The van der Waals surface area contributed by atoms with Crippen LogP contribution in [0.4, 0.5) is 0 Å². The molecular weight excluding hydrogens is 283 g/mol. The van der Waals surface area contributed by atoms with Crippen LogP contribution in [0.25, 0.3) is 0 Å². The average molecular weight is 300 g/mol. The van der Waals surface area contributed by atoms with E-state index in [9.17, 15) is 4.79 Å². The second-order valence-corrected chi connectivity index (χ2v) is 5.98. The van der Waals surface area contributed by atoms with Gasteiger partial charge in [0, 0.05) is 11.3 Å². The third-order valence-corrected chi connectivity index (χ3v) is 4.10. The summed E-state index contributed by atoms with van der Waals surface area (Å²) in [5, 5.41) is 2.14. The fourth-order valence-electron chi connectivity index (χ4n) is 2.05. The van der Waals surface area contributed by atoms with Crippen molar-refractivity contribution in [2.75, 3.05) is 13.7 Å². The van der Waals surface area contributed by atoms with E-state index in [1.165, 1.54) is 17.6 Å². The van der Waals surface area contributed by atoms with Gasteiger partial charge in [0.2, 0.25) is 0 Å². The van der Waals surface area contributed by atoms with Gasteiger partial charge in [-0.15, -0.1) is 11.3 Å². The van der Waals surface area contributed by atoms with E-state index in [0.717, 1.165) is 12.0 Å². The van der Waals surface area contributed by atoms with Crippen molar-refractivity contribution in [1.29, 1.82) is 0 Å². The summed E-state index contributed by atoms with van der Waals surface area (Å²) >= 11 is 1.74. The Morgan fingerprint density at radius 2 is 2.05 bits per heavy atom. The highest BCUT2D eigenvalue weighted by atomic mass is 32.1. The Morgan fingerprint density at radius 3 is 2.67 bits per heavy atom. The van der Waals surface area contributed by atoms with Crippen LogP contribution in [0.5, 0.6) is 5.75 Å². The number of esters is 1. The van der Waals surface area contributed by atoms with Gasteiger partial charge in [-0.1, -0.05) is 5.46 Å². The first kappa shape index (κ1) is 15.6. The first-order chi connectivity index (χ1) is 10.0. The summed E-state index contributed by atoms with van der Waals surface area (Å²) in [6.45, 7) is 4.55. The van der Waals surface area contributed by atoms with Crippen LogP contribution in [0, 0.1) is 13.8 Å². The molecular formula is C16H17BO3S. The van der Waals surface area contributed by atoms with Crippen molar-refractivity contribution in [1.82, 2.24) is 0 Å². The van der Waals surface area contributed by atoms with Gasteiger partial charge in [-0.05, 0) is 48.6 Å². The van der Waals surface area contributed by atoms with Crippen LogP contribution >= 0.6 is 11.3 Å². The molecule has 0 aliphatic rings. The van der Waals surface area contributed by atoms with Crippen molar-refractivity contribution in [3.63, 3.8) is 0 Å². The van der Waals surface area contributed by atoms with Gasteiger partial charge in [-0.3, -0.25) is 0 Å². The van der Waals surface area contributed by atoms with Crippen molar-refractivity contribution < 1.29 is 14.3 Å². The third kappa shape index (κ3) is 3.88. The van der Waals surface area contributed by atoms with E-state index in [-0.39, 0.29) is 0 Å². The van der Waals surface area contributed by atoms with Gasteiger partial charge in [0.15, 0.2) is 0 Å². The zero-order chi connectivity index (χ0) is 15.4. The number of hydrogen-bond donors (Lipinski definition) is 0. The first-order valence-electron chi connectivity index (χ1n) is 6.66. The minimum Gasteiger partial charge on any atom is -0.493 e. The molecule has 1 aromatic carbocycles. The number of benzene rings is 1. The predicted octanol–water partition coefficient (Wildman–Crippen LogP) is 2.57. The summed E-state index contributed by atoms with van der Waals surface area (Å²) < 4.78 is 10.5. The number of carbonyl (C=O) groups excluding carboxylic acids is 1. The van der Waals surface area contributed by atoms with Crippen molar-refractivity contribution in [2.45, 2.75) is 20.3 Å². The predicted molar refractivity (Wildman–Crippen MR) is 86.2 cm³/mol. The Hall–Kier alpha value is -1.75. The maximum atomic E-state index is 11.6. The molecule has 0 fully saturated rings. The summed E-state index contributed by atoms with van der Waals surface area (Å²) in [5.74, 6) is 0.267. The van der Waals surface area contributed by atoms with E-state index in [1.54, 1.807) is 23.5 Å². The van der Waals surface area contributed by atoms with E-state index >= 15 is 0 Å². The lowest BCUT2D eigenvalue weighted by Gasteiger charge is -2.12. The van der Waals surface area contributed by atoms with Crippen LogP contribution < -0.4 is 10.2 Å². The Kier molecular flexibility index (Phi) is 5.07. The quantitative estimate of drug-likeness (QED) is 0.629. The molecule has 5 heteroatoms. The molecule has 2 aromatic rings. The highest BCUT2D eigenvalue weighted by Gasteiger charge is 2.12. The van der Waals surface area contributed by atoms with E-state index in [4.69, 9.17) is 17.3 Å². The van der Waals surface area contributed by atoms with Crippen LogP contribution in [0.3, 0.4) is 0 Å². The van der Waals surface area contributed by atoms with Crippen molar-refractivity contribution in [3.05, 3.63) is 45.1 Å². The fourth-order valence-corrected chi connectivity index (χ4v) is 2.80. The third-order valence-electron chi connectivity index (χ3n) is 3.19. The monoisotopic (exact) mass is 300 g/mol. The zero-order valence-electron chi connectivity index (χ0n) is 12.4. The lowest BCUT2D eigenvalue weighted by atomic mass is 9.89. The first-order valence-corrected chi connectivity index (χ1v) is 7.54. The molecule has 0 unspecified atom stereocenters. The van der Waals surface area contributed by atoms with E-state index in [1.807, 2.05) is 6.92 Å². The van der Waals surface area contributed by atoms with Crippen LogP contribution in [0.15, 0.2) is 23.6 Å². The van der Waals surface area contributed by atoms with Gasteiger partial charge in [-0.25, -0.2) is 4.79 Å². The Morgan fingerprint density at radius 1 is 1.29 bits per heavy atom. The molecule has 0 aliphatic heterocycles. The van der Waals surface area contributed by atoms with E-state index < -0.39 is 5.97 Å². The summed E-state index contributed by atoms with van der Waals surface area (Å²) in [4.78, 5) is 12.9. The number of hydrogen-bond acceptors (Lipinski definition) is 4.